The third-order valence-electron chi connectivity index (χ3n) is 4.92. The van der Waals surface area contributed by atoms with Crippen molar-refractivity contribution in [3.05, 3.63) is 65.4 Å². The molecule has 0 saturated heterocycles. The number of aromatic nitrogens is 1. The number of para-hydroxylation sites is 1. The molecule has 1 aliphatic rings. The number of aromatic carboxylic acids is 1. The summed E-state index contributed by atoms with van der Waals surface area (Å²) in [5.41, 5.74) is -0.638. The predicted molar refractivity (Wildman–Crippen MR) is 93.5 cm³/mol. The number of ether oxygens (including phenoxy) is 1. The van der Waals surface area contributed by atoms with Crippen molar-refractivity contribution in [2.75, 3.05) is 0 Å². The molecule has 2 aromatic carbocycles. The smallest absolute Gasteiger partial charge is 0.505 e. The lowest BCUT2D eigenvalue weighted by Gasteiger charge is -2.20. The number of carboxylic acid groups (broad SMARTS) is 1. The third-order valence-corrected chi connectivity index (χ3v) is 4.92. The Morgan fingerprint density at radius 2 is 1.75 bits per heavy atom. The highest BCUT2D eigenvalue weighted by Crippen LogP contribution is 2.56. The quantitative estimate of drug-likeness (QED) is 0.681. The van der Waals surface area contributed by atoms with Crippen molar-refractivity contribution in [3.8, 4) is 11.5 Å². The van der Waals surface area contributed by atoms with Crippen LogP contribution in [0.2, 0.25) is 0 Å². The first-order valence-electron chi connectivity index (χ1n) is 8.44. The molecule has 0 atom stereocenters. The molecule has 1 aliphatic carbocycles. The minimum atomic E-state index is -4.96. The zero-order chi connectivity index (χ0) is 20.1. The third kappa shape index (κ3) is 2.90. The Bertz CT molecular complexity index is 1080. The number of nitrogens with zero attached hydrogens (tertiary/aromatic N) is 1. The van der Waals surface area contributed by atoms with E-state index in [0.717, 1.165) is 11.6 Å². The highest BCUT2D eigenvalue weighted by Gasteiger charge is 2.50. The topological polar surface area (TPSA) is 79.7 Å². The number of hydrogen-bond acceptors (Lipinski definition) is 4. The van der Waals surface area contributed by atoms with Gasteiger partial charge in [0.05, 0.1) is 5.69 Å². The number of rotatable bonds is 4. The van der Waals surface area contributed by atoms with Crippen LogP contribution in [0.3, 0.4) is 0 Å². The van der Waals surface area contributed by atoms with Crippen LogP contribution in [-0.4, -0.2) is 27.5 Å². The number of fused-ring (bicyclic) bond motifs is 1. The van der Waals surface area contributed by atoms with Gasteiger partial charge in [-0.15, -0.1) is 13.2 Å². The number of benzene rings is 2. The van der Waals surface area contributed by atoms with Crippen molar-refractivity contribution in [3.63, 3.8) is 0 Å². The maximum atomic E-state index is 12.8. The van der Waals surface area contributed by atoms with Gasteiger partial charge in [0.2, 0.25) is 0 Å². The van der Waals surface area contributed by atoms with Crippen LogP contribution in [0.25, 0.3) is 10.9 Å². The molecule has 144 valence electrons. The minimum Gasteiger partial charge on any atom is -0.505 e. The average molecular weight is 389 g/mol. The first-order chi connectivity index (χ1) is 13.2. The van der Waals surface area contributed by atoms with E-state index in [9.17, 15) is 28.2 Å². The average Bonchev–Trinajstić information content (AvgIpc) is 3.42. The van der Waals surface area contributed by atoms with Crippen molar-refractivity contribution >= 4 is 16.9 Å². The van der Waals surface area contributed by atoms with E-state index in [4.69, 9.17) is 0 Å². The lowest BCUT2D eigenvalue weighted by molar-refractivity contribution is -0.274. The molecule has 1 heterocycles. The summed E-state index contributed by atoms with van der Waals surface area (Å²) in [6, 6.07) is 12.6. The van der Waals surface area contributed by atoms with Gasteiger partial charge in [0, 0.05) is 10.8 Å². The molecule has 0 bridgehead atoms. The van der Waals surface area contributed by atoms with Gasteiger partial charge >= 0.3 is 12.3 Å². The first kappa shape index (κ1) is 18.1. The first-order valence-corrected chi connectivity index (χ1v) is 8.44. The number of carboxylic acids is 1. The monoisotopic (exact) mass is 389 g/mol. The van der Waals surface area contributed by atoms with Gasteiger partial charge in [-0.05, 0) is 24.5 Å². The Hall–Kier alpha value is -3.29. The molecule has 4 rings (SSSR count). The molecule has 1 aromatic heterocycles. The molecule has 5 nitrogen and oxygen atoms in total. The van der Waals surface area contributed by atoms with Gasteiger partial charge in [-0.25, -0.2) is 9.78 Å². The molecule has 0 spiro atoms. The van der Waals surface area contributed by atoms with Gasteiger partial charge in [-0.1, -0.05) is 42.5 Å². The van der Waals surface area contributed by atoms with Crippen molar-refractivity contribution in [2.45, 2.75) is 24.6 Å². The second kappa shape index (κ2) is 6.12. The molecule has 1 saturated carbocycles. The highest BCUT2D eigenvalue weighted by molar-refractivity contribution is 6.07. The number of carbonyl (C=O) groups is 1. The lowest BCUT2D eigenvalue weighted by atomic mass is 9.89. The number of pyridine rings is 1. The molecule has 0 unspecified atom stereocenters. The van der Waals surface area contributed by atoms with Crippen molar-refractivity contribution in [1.82, 2.24) is 4.98 Å². The van der Waals surface area contributed by atoms with Crippen LogP contribution in [0, 0.1) is 0 Å². The minimum absolute atomic E-state index is 0.0434. The van der Waals surface area contributed by atoms with E-state index in [1.807, 2.05) is 18.2 Å². The number of halogens is 3. The summed E-state index contributed by atoms with van der Waals surface area (Å²) < 4.78 is 42.5. The van der Waals surface area contributed by atoms with Gasteiger partial charge < -0.3 is 14.9 Å². The molecule has 8 heteroatoms. The fraction of sp³-hybridized carbons (Fsp3) is 0.200. The van der Waals surface area contributed by atoms with Gasteiger partial charge in [-0.2, -0.15) is 0 Å². The van der Waals surface area contributed by atoms with Crippen molar-refractivity contribution in [2.24, 2.45) is 0 Å². The summed E-state index contributed by atoms with van der Waals surface area (Å²) in [6.07, 6.45) is -3.79. The normalized spacial score (nSPS) is 15.4. The van der Waals surface area contributed by atoms with E-state index in [2.05, 4.69) is 9.72 Å². The molecule has 0 amide bonds. The molecule has 28 heavy (non-hydrogen) atoms. The maximum Gasteiger partial charge on any atom is 0.573 e. The van der Waals surface area contributed by atoms with Crippen LogP contribution < -0.4 is 4.74 Å². The van der Waals surface area contributed by atoms with Crippen molar-refractivity contribution < 1.29 is 32.9 Å². The summed E-state index contributed by atoms with van der Waals surface area (Å²) >= 11 is 0. The largest absolute Gasteiger partial charge is 0.573 e. The Balaban J connectivity index is 2.02. The van der Waals surface area contributed by atoms with E-state index in [-0.39, 0.29) is 16.6 Å². The van der Waals surface area contributed by atoms with E-state index >= 15 is 0 Å². The van der Waals surface area contributed by atoms with Gasteiger partial charge in [0.15, 0.2) is 11.5 Å². The summed E-state index contributed by atoms with van der Waals surface area (Å²) in [7, 11) is 0. The zero-order valence-electron chi connectivity index (χ0n) is 14.3. The van der Waals surface area contributed by atoms with Crippen molar-refractivity contribution in [1.29, 1.82) is 0 Å². The highest BCUT2D eigenvalue weighted by atomic mass is 19.4. The van der Waals surface area contributed by atoms with Crippen LogP contribution >= 0.6 is 0 Å². The maximum absolute atomic E-state index is 12.8. The summed E-state index contributed by atoms with van der Waals surface area (Å²) in [6.45, 7) is 0. The van der Waals surface area contributed by atoms with Gasteiger partial charge in [-0.3, -0.25) is 0 Å². The number of aromatic hydroxyl groups is 1. The molecular formula is C20H14F3NO4. The molecule has 3 aromatic rings. The SMILES string of the molecule is O=C(O)c1c(O)c(C2(c3ccccc3)CC2)nc2c(OC(F)(F)F)cccc12. The number of hydrogen-bond donors (Lipinski definition) is 2. The van der Waals surface area contributed by atoms with E-state index in [1.165, 1.54) is 12.1 Å². The Kier molecular flexibility index (Phi) is 3.95. The van der Waals surface area contributed by atoms with Crippen LogP contribution in [-0.2, 0) is 5.41 Å². The summed E-state index contributed by atoms with van der Waals surface area (Å²) in [5.74, 6) is -2.61. The van der Waals surface area contributed by atoms with Gasteiger partial charge in [0.1, 0.15) is 11.1 Å². The standard InChI is InChI=1S/C20H14F3NO4/c21-20(22,23)28-13-8-4-7-12-14(18(26)27)16(25)17(24-15(12)13)19(9-10-19)11-5-2-1-3-6-11/h1-8,25H,9-10H2,(H,26,27). The Labute approximate surface area is 157 Å². The van der Waals surface area contributed by atoms with Crippen LogP contribution in [0.5, 0.6) is 11.5 Å². The van der Waals surface area contributed by atoms with Crippen LogP contribution in [0.1, 0.15) is 34.5 Å². The van der Waals surface area contributed by atoms with E-state index < -0.39 is 34.8 Å². The Morgan fingerprint density at radius 3 is 2.32 bits per heavy atom. The van der Waals surface area contributed by atoms with Crippen LogP contribution in [0.15, 0.2) is 48.5 Å². The summed E-state index contributed by atoms with van der Waals surface area (Å²) in [5, 5.41) is 20.2. The van der Waals surface area contributed by atoms with E-state index in [0.29, 0.717) is 12.8 Å². The fourth-order valence-corrected chi connectivity index (χ4v) is 3.55. The van der Waals surface area contributed by atoms with Gasteiger partial charge in [0.25, 0.3) is 0 Å². The molecule has 2 N–H and O–H groups in total. The second-order valence-electron chi connectivity index (χ2n) is 6.64. The molecule has 0 aliphatic heterocycles. The molecular weight excluding hydrogens is 375 g/mol. The Morgan fingerprint density at radius 1 is 1.07 bits per heavy atom. The predicted octanol–water partition coefficient (Wildman–Crippen LogP) is 4.62. The molecule has 0 radical (unpaired) electrons. The lowest BCUT2D eigenvalue weighted by Crippen LogP contribution is -2.18. The zero-order valence-corrected chi connectivity index (χ0v) is 14.3. The van der Waals surface area contributed by atoms with E-state index in [1.54, 1.807) is 12.1 Å². The second-order valence-corrected chi connectivity index (χ2v) is 6.64. The van der Waals surface area contributed by atoms with Crippen LogP contribution in [0.4, 0.5) is 13.2 Å². The molecule has 1 fully saturated rings. The number of alkyl halides is 3. The fourth-order valence-electron chi connectivity index (χ4n) is 3.55. The summed E-state index contributed by atoms with van der Waals surface area (Å²) in [4.78, 5) is 16.1.